The molecule has 0 bridgehead atoms. The van der Waals surface area contributed by atoms with Gasteiger partial charge in [0, 0.05) is 10.7 Å². The van der Waals surface area contributed by atoms with Crippen molar-refractivity contribution in [2.45, 2.75) is 180 Å². The van der Waals surface area contributed by atoms with Crippen LogP contribution in [0.2, 0.25) is 36.3 Å². The highest BCUT2D eigenvalue weighted by Crippen LogP contribution is 2.49. The van der Waals surface area contributed by atoms with E-state index in [1.165, 1.54) is 126 Å². The van der Waals surface area contributed by atoms with E-state index in [1.54, 1.807) is 0 Å². The van der Waals surface area contributed by atoms with Crippen LogP contribution in [0.4, 0.5) is 0 Å². The molecule has 0 fully saturated rings. The smallest absolute Gasteiger partial charge is 0.179 e. The molecule has 0 aromatic heterocycles. The number of hydrogen-bond acceptors (Lipinski definition) is 1. The summed E-state index contributed by atoms with van der Waals surface area (Å²) in [7, 11) is -3.58. The Bertz CT molecular complexity index is 463. The number of unbranched alkanes of at least 4 members (excludes halogenated alkanes) is 14. The van der Waals surface area contributed by atoms with E-state index >= 15 is 0 Å². The van der Waals surface area contributed by atoms with E-state index in [0.717, 1.165) is 0 Å². The molecule has 0 aromatic carbocycles. The summed E-state index contributed by atoms with van der Waals surface area (Å²) in [5.41, 5.74) is 0. The second kappa shape index (κ2) is 19.4. The van der Waals surface area contributed by atoms with Gasteiger partial charge in [-0.25, -0.2) is 0 Å². The minimum Gasteiger partial charge on any atom is -0.455 e. The van der Waals surface area contributed by atoms with Crippen molar-refractivity contribution in [1.29, 1.82) is 0 Å². The van der Waals surface area contributed by atoms with Gasteiger partial charge in [0.25, 0.3) is 0 Å². The maximum absolute atomic E-state index is 7.29. The molecule has 0 saturated carbocycles. The molecule has 0 atom stereocenters. The third kappa shape index (κ3) is 16.1. The molecule has 5 heteroatoms. The Morgan fingerprint density at radius 2 is 0.657 bits per heavy atom. The predicted molar refractivity (Wildman–Crippen MR) is 175 cm³/mol. The van der Waals surface area contributed by atoms with Gasteiger partial charge in [0.15, 0.2) is 16.6 Å². The number of hydrogen-bond donors (Lipinski definition) is 0. The van der Waals surface area contributed by atoms with Crippen molar-refractivity contribution in [2.24, 2.45) is 0 Å². The van der Waals surface area contributed by atoms with Crippen molar-refractivity contribution in [3.8, 4) is 0 Å². The number of halogens is 2. The van der Waals surface area contributed by atoms with Gasteiger partial charge in [-0.05, 0) is 61.9 Å². The Hall–Kier alpha value is 1.35. The maximum Gasteiger partial charge on any atom is 0.179 e. The largest absolute Gasteiger partial charge is 0.455 e. The van der Waals surface area contributed by atoms with Crippen molar-refractivity contribution in [2.75, 3.05) is 10.7 Å². The predicted octanol–water partition coefficient (Wildman–Crippen LogP) is 12.8. The van der Waals surface area contributed by atoms with Crippen molar-refractivity contribution in [3.63, 3.8) is 0 Å². The van der Waals surface area contributed by atoms with Crippen LogP contribution in [0, 0.1) is 0 Å². The molecular formula is C30H64Br2OSi2. The van der Waals surface area contributed by atoms with Gasteiger partial charge in [-0.2, -0.15) is 0 Å². The Morgan fingerprint density at radius 3 is 0.914 bits per heavy atom. The first-order valence-electron chi connectivity index (χ1n) is 15.1. The molecule has 35 heavy (non-hydrogen) atoms. The van der Waals surface area contributed by atoms with Gasteiger partial charge in [0.2, 0.25) is 0 Å². The molecule has 0 spiro atoms. The van der Waals surface area contributed by atoms with Crippen molar-refractivity contribution >= 4 is 48.5 Å². The Morgan fingerprint density at radius 1 is 0.429 bits per heavy atom. The fraction of sp³-hybridized carbons (Fsp3) is 1.00. The molecule has 0 aromatic rings. The van der Waals surface area contributed by atoms with E-state index < -0.39 is 16.6 Å². The third-order valence-corrected chi connectivity index (χ3v) is 21.4. The Labute approximate surface area is 241 Å². The van der Waals surface area contributed by atoms with Crippen LogP contribution < -0.4 is 0 Å². The van der Waals surface area contributed by atoms with Crippen LogP contribution in [0.15, 0.2) is 0 Å². The van der Waals surface area contributed by atoms with Crippen LogP contribution in [0.3, 0.4) is 0 Å². The van der Waals surface area contributed by atoms with Gasteiger partial charge >= 0.3 is 0 Å². The highest BCUT2D eigenvalue weighted by Gasteiger charge is 2.49. The fourth-order valence-corrected chi connectivity index (χ4v) is 14.6. The van der Waals surface area contributed by atoms with Gasteiger partial charge in [0.1, 0.15) is 0 Å². The SMILES string of the molecule is CC(C)(CCCCCCCCCCBr)[Si](C)(C)O[Si](C)(C)C(C)(C)CCCCCCCCCCBr. The van der Waals surface area contributed by atoms with E-state index in [2.05, 4.69) is 85.7 Å². The van der Waals surface area contributed by atoms with Crippen LogP contribution in [-0.2, 0) is 4.12 Å². The van der Waals surface area contributed by atoms with Crippen molar-refractivity contribution in [3.05, 3.63) is 0 Å². The van der Waals surface area contributed by atoms with Crippen LogP contribution in [-0.4, -0.2) is 27.3 Å². The minimum absolute atomic E-state index is 0.345. The van der Waals surface area contributed by atoms with Crippen molar-refractivity contribution < 1.29 is 4.12 Å². The molecule has 0 radical (unpaired) electrons. The average Bonchev–Trinajstić information content (AvgIpc) is 2.75. The number of rotatable bonds is 24. The average molecular weight is 657 g/mol. The third-order valence-electron chi connectivity index (χ3n) is 9.14. The first-order valence-corrected chi connectivity index (χ1v) is 23.2. The lowest BCUT2D eigenvalue weighted by molar-refractivity contribution is 0.396. The summed E-state index contributed by atoms with van der Waals surface area (Å²) in [4.78, 5) is 0. The summed E-state index contributed by atoms with van der Waals surface area (Å²) in [5.74, 6) is 0. The molecule has 0 N–H and O–H groups in total. The van der Waals surface area contributed by atoms with Crippen LogP contribution in [0.5, 0.6) is 0 Å². The summed E-state index contributed by atoms with van der Waals surface area (Å²) < 4.78 is 7.29. The molecular weight excluding hydrogens is 592 g/mol. The summed E-state index contributed by atoms with van der Waals surface area (Å²) in [6.45, 7) is 20.1. The van der Waals surface area contributed by atoms with E-state index in [9.17, 15) is 0 Å². The fourth-order valence-electron chi connectivity index (χ4n) is 4.96. The topological polar surface area (TPSA) is 9.23 Å². The summed E-state index contributed by atoms with van der Waals surface area (Å²) in [5, 5.41) is 3.02. The first-order chi connectivity index (χ1) is 16.3. The van der Waals surface area contributed by atoms with E-state index in [0.29, 0.717) is 10.1 Å². The first kappa shape index (κ1) is 36.4. The zero-order valence-corrected chi connectivity index (χ0v) is 30.5. The molecule has 0 heterocycles. The standard InChI is InChI=1S/C30H64Br2OSi2/c1-29(2,25-21-17-13-9-11-15-19-23-27-31)34(5,6)33-35(7,8)30(3,4)26-22-18-14-10-12-16-20-24-28-32/h9-28H2,1-8H3. The minimum atomic E-state index is -1.79. The lowest BCUT2D eigenvalue weighted by Crippen LogP contribution is -2.55. The lowest BCUT2D eigenvalue weighted by atomic mass is 10.0. The quantitative estimate of drug-likeness (QED) is 0.0571. The summed E-state index contributed by atoms with van der Waals surface area (Å²) >= 11 is 7.07. The monoisotopic (exact) mass is 654 g/mol. The molecule has 0 saturated heterocycles. The molecule has 1 nitrogen and oxygen atoms in total. The molecule has 0 rings (SSSR count). The second-order valence-electron chi connectivity index (χ2n) is 13.4. The maximum atomic E-state index is 7.29. The highest BCUT2D eigenvalue weighted by atomic mass is 79.9. The highest BCUT2D eigenvalue weighted by molar-refractivity contribution is 9.09. The Balaban J connectivity index is 4.38. The normalized spacial score (nSPS) is 13.5. The van der Waals surface area contributed by atoms with Gasteiger partial charge in [-0.1, -0.05) is 149 Å². The molecule has 0 aliphatic heterocycles. The van der Waals surface area contributed by atoms with Crippen molar-refractivity contribution in [1.82, 2.24) is 0 Å². The van der Waals surface area contributed by atoms with E-state index in [1.807, 2.05) is 0 Å². The molecule has 0 amide bonds. The van der Waals surface area contributed by atoms with Gasteiger partial charge in [-0.3, -0.25) is 0 Å². The second-order valence-corrected chi connectivity index (χ2v) is 24.6. The van der Waals surface area contributed by atoms with Crippen LogP contribution in [0.1, 0.15) is 143 Å². The molecule has 212 valence electrons. The number of alkyl halides is 2. The Kier molecular flexibility index (Phi) is 20.2. The molecule has 0 aliphatic carbocycles. The lowest BCUT2D eigenvalue weighted by Gasteiger charge is -2.49. The van der Waals surface area contributed by atoms with Gasteiger partial charge < -0.3 is 4.12 Å². The zero-order chi connectivity index (χ0) is 26.8. The van der Waals surface area contributed by atoms with E-state index in [-0.39, 0.29) is 0 Å². The summed E-state index contributed by atoms with van der Waals surface area (Å²) in [6.07, 6.45) is 25.0. The van der Waals surface area contributed by atoms with Gasteiger partial charge in [-0.15, -0.1) is 0 Å². The molecule has 0 unspecified atom stereocenters. The van der Waals surface area contributed by atoms with Gasteiger partial charge in [0.05, 0.1) is 0 Å². The van der Waals surface area contributed by atoms with Crippen LogP contribution in [0.25, 0.3) is 0 Å². The van der Waals surface area contributed by atoms with Crippen LogP contribution >= 0.6 is 31.9 Å². The zero-order valence-electron chi connectivity index (χ0n) is 25.3. The summed E-state index contributed by atoms with van der Waals surface area (Å²) in [6, 6.07) is 0. The van der Waals surface area contributed by atoms with E-state index in [4.69, 9.17) is 4.12 Å². The molecule has 0 aliphatic rings.